The molecule has 0 aromatic heterocycles. The number of rotatable bonds is 12. The summed E-state index contributed by atoms with van der Waals surface area (Å²) in [7, 11) is 0. The summed E-state index contributed by atoms with van der Waals surface area (Å²) >= 11 is 0. The predicted molar refractivity (Wildman–Crippen MR) is 73.6 cm³/mol. The van der Waals surface area contributed by atoms with Gasteiger partial charge in [0.05, 0.1) is 6.54 Å². The molecule has 0 saturated carbocycles. The Morgan fingerprint density at radius 1 is 0.882 bits per heavy atom. The second kappa shape index (κ2) is 10.5. The molecule has 5 nitrogen and oxygen atoms in total. The topological polar surface area (TPSA) is 74.5 Å². The molecule has 0 amide bonds. The quantitative estimate of drug-likeness (QED) is 0.354. The van der Waals surface area contributed by atoms with Gasteiger partial charge in [0.2, 0.25) is 0 Å². The third kappa shape index (κ3) is 10.2. The van der Waals surface area contributed by atoms with Crippen molar-refractivity contribution in [2.75, 3.05) is 45.8 Å². The van der Waals surface area contributed by atoms with Gasteiger partial charge in [0.15, 0.2) is 0 Å². The molecule has 5 heteroatoms. The fourth-order valence-corrected chi connectivity index (χ4v) is 1.57. The van der Waals surface area contributed by atoms with Crippen LogP contribution in [0.1, 0.15) is 25.7 Å². The van der Waals surface area contributed by atoms with Crippen LogP contribution in [0.2, 0.25) is 0 Å². The molecule has 0 atom stereocenters. The number of nitrogens with one attached hydrogen (secondary N) is 3. The minimum Gasteiger partial charge on any atom is -0.372 e. The summed E-state index contributed by atoms with van der Waals surface area (Å²) in [6.45, 7) is 7.16. The van der Waals surface area contributed by atoms with E-state index in [-0.39, 0.29) is 0 Å². The van der Waals surface area contributed by atoms with Crippen LogP contribution in [0.25, 0.3) is 0 Å². The highest BCUT2D eigenvalue weighted by Gasteiger charge is 2.06. The van der Waals surface area contributed by atoms with Crippen LogP contribution in [0.4, 0.5) is 0 Å². The van der Waals surface area contributed by atoms with Gasteiger partial charge < -0.3 is 21.7 Å². The van der Waals surface area contributed by atoms with Gasteiger partial charge in [-0.15, -0.1) is 0 Å². The first-order chi connectivity index (χ1) is 8.43. The summed E-state index contributed by atoms with van der Waals surface area (Å²) in [5.41, 5.74) is 5.41. The van der Waals surface area contributed by atoms with Crippen molar-refractivity contribution in [1.82, 2.24) is 16.0 Å². The van der Waals surface area contributed by atoms with Crippen LogP contribution >= 0.6 is 0 Å². The molecule has 0 saturated heterocycles. The summed E-state index contributed by atoms with van der Waals surface area (Å²) < 4.78 is 0. The van der Waals surface area contributed by atoms with Crippen LogP contribution < -0.4 is 21.7 Å². The molecule has 17 heavy (non-hydrogen) atoms. The highest BCUT2D eigenvalue weighted by Crippen LogP contribution is 1.91. The van der Waals surface area contributed by atoms with Crippen molar-refractivity contribution < 1.29 is 0 Å². The van der Waals surface area contributed by atoms with E-state index in [1.165, 1.54) is 25.1 Å². The Morgan fingerprint density at radius 2 is 1.47 bits per heavy atom. The Bertz CT molecular complexity index is 205. The van der Waals surface area contributed by atoms with E-state index >= 15 is 0 Å². The maximum Gasteiger partial charge on any atom is 0.119 e. The average Bonchev–Trinajstić information content (AvgIpc) is 3.15. The molecule has 0 spiro atoms. The van der Waals surface area contributed by atoms with E-state index in [0.29, 0.717) is 0 Å². The van der Waals surface area contributed by atoms with Gasteiger partial charge in [-0.2, -0.15) is 0 Å². The Morgan fingerprint density at radius 3 is 2.06 bits per heavy atom. The van der Waals surface area contributed by atoms with Crippen LogP contribution in [0.15, 0.2) is 4.99 Å². The minimum absolute atomic E-state index is 0.787. The summed E-state index contributed by atoms with van der Waals surface area (Å²) in [5.74, 6) is 1.17. The van der Waals surface area contributed by atoms with E-state index in [4.69, 9.17) is 5.73 Å². The molecule has 0 aliphatic carbocycles. The lowest BCUT2D eigenvalue weighted by molar-refractivity contribution is 0.567. The molecule has 5 N–H and O–H groups in total. The molecule has 100 valence electrons. The molecular formula is C12H27N5. The average molecular weight is 241 g/mol. The summed E-state index contributed by atoms with van der Waals surface area (Å²) in [5, 5.41) is 10.1. The number of aliphatic imine (C=N–C) groups is 1. The Kier molecular flexibility index (Phi) is 8.90. The first-order valence-electron chi connectivity index (χ1n) is 6.82. The first-order valence-corrected chi connectivity index (χ1v) is 6.82. The van der Waals surface area contributed by atoms with Crippen LogP contribution in [-0.2, 0) is 0 Å². The van der Waals surface area contributed by atoms with Crippen molar-refractivity contribution in [2.24, 2.45) is 10.7 Å². The molecule has 0 unspecified atom stereocenters. The van der Waals surface area contributed by atoms with Gasteiger partial charge in [-0.25, -0.2) is 0 Å². The molecule has 0 fully saturated rings. The summed E-state index contributed by atoms with van der Waals surface area (Å²) in [6.07, 6.45) is 4.74. The van der Waals surface area contributed by atoms with E-state index in [1.54, 1.807) is 0 Å². The van der Waals surface area contributed by atoms with Crippen LogP contribution in [0.5, 0.6) is 0 Å². The van der Waals surface area contributed by atoms with Crippen molar-refractivity contribution in [1.29, 1.82) is 0 Å². The normalized spacial score (nSPS) is 13.6. The third-order valence-electron chi connectivity index (χ3n) is 2.69. The molecule has 0 bridgehead atoms. The predicted octanol–water partition coefficient (Wildman–Crippen LogP) is -0.314. The maximum absolute atomic E-state index is 5.41. The zero-order valence-electron chi connectivity index (χ0n) is 10.8. The van der Waals surface area contributed by atoms with Gasteiger partial charge in [0.1, 0.15) is 5.84 Å². The van der Waals surface area contributed by atoms with Crippen LogP contribution in [0.3, 0.4) is 0 Å². The van der Waals surface area contributed by atoms with Crippen LogP contribution in [-0.4, -0.2) is 51.6 Å². The molecule has 0 radical (unpaired) electrons. The fourth-order valence-electron chi connectivity index (χ4n) is 1.57. The van der Waals surface area contributed by atoms with E-state index in [2.05, 4.69) is 20.9 Å². The van der Waals surface area contributed by atoms with Gasteiger partial charge in [-0.1, -0.05) is 0 Å². The smallest absolute Gasteiger partial charge is 0.119 e. The third-order valence-corrected chi connectivity index (χ3v) is 2.69. The molecule has 1 rings (SSSR count). The standard InChI is InChI=1S/C12H27N5/c13-5-3-8-14-6-1-2-7-15-9-4-10-16-12-11-17-12/h14-15H,1-11,13H2,(H,16,17). The molecule has 0 aromatic carbocycles. The molecule has 0 aromatic rings. The molecular weight excluding hydrogens is 214 g/mol. The van der Waals surface area contributed by atoms with Gasteiger partial charge in [0.25, 0.3) is 0 Å². The van der Waals surface area contributed by atoms with Crippen molar-refractivity contribution in [3.05, 3.63) is 0 Å². The number of hydrogen-bond donors (Lipinski definition) is 4. The van der Waals surface area contributed by atoms with E-state index in [0.717, 1.165) is 52.2 Å². The van der Waals surface area contributed by atoms with Crippen molar-refractivity contribution in [2.45, 2.75) is 25.7 Å². The largest absolute Gasteiger partial charge is 0.372 e. The lowest BCUT2D eigenvalue weighted by Gasteiger charge is -2.06. The highest BCUT2D eigenvalue weighted by atomic mass is 15.1. The number of hydrogen-bond acceptors (Lipinski definition) is 5. The zero-order chi connectivity index (χ0) is 12.2. The second-order valence-electron chi connectivity index (χ2n) is 4.39. The SMILES string of the molecule is NCCCNCCCCNCCCNC1=NC1. The van der Waals surface area contributed by atoms with E-state index < -0.39 is 0 Å². The van der Waals surface area contributed by atoms with Gasteiger partial charge in [-0.05, 0) is 58.4 Å². The second-order valence-corrected chi connectivity index (χ2v) is 4.39. The number of unbranched alkanes of at least 4 members (excludes halogenated alkanes) is 1. The highest BCUT2D eigenvalue weighted by molar-refractivity contribution is 5.94. The lowest BCUT2D eigenvalue weighted by atomic mass is 10.3. The molecule has 1 aliphatic rings. The van der Waals surface area contributed by atoms with E-state index in [1.807, 2.05) is 0 Å². The van der Waals surface area contributed by atoms with Gasteiger partial charge >= 0.3 is 0 Å². The van der Waals surface area contributed by atoms with Gasteiger partial charge in [-0.3, -0.25) is 4.99 Å². The zero-order valence-corrected chi connectivity index (χ0v) is 10.8. The van der Waals surface area contributed by atoms with Crippen molar-refractivity contribution >= 4 is 5.84 Å². The monoisotopic (exact) mass is 241 g/mol. The number of amidine groups is 1. The minimum atomic E-state index is 0.787. The Hall–Kier alpha value is -0.650. The molecule has 1 heterocycles. The summed E-state index contributed by atoms with van der Waals surface area (Å²) in [4.78, 5) is 4.06. The molecule has 1 aliphatic heterocycles. The van der Waals surface area contributed by atoms with Gasteiger partial charge in [0, 0.05) is 6.54 Å². The fraction of sp³-hybridized carbons (Fsp3) is 0.917. The lowest BCUT2D eigenvalue weighted by Crippen LogP contribution is -2.24. The number of nitrogens with zero attached hydrogens (tertiary/aromatic N) is 1. The number of nitrogens with two attached hydrogens (primary N) is 1. The van der Waals surface area contributed by atoms with Crippen molar-refractivity contribution in [3.8, 4) is 0 Å². The first kappa shape index (κ1) is 14.4. The Labute approximate surface area is 105 Å². The Balaban J connectivity index is 1.62. The van der Waals surface area contributed by atoms with Crippen molar-refractivity contribution in [3.63, 3.8) is 0 Å². The maximum atomic E-state index is 5.41. The van der Waals surface area contributed by atoms with E-state index in [9.17, 15) is 0 Å². The van der Waals surface area contributed by atoms with Crippen LogP contribution in [0, 0.1) is 0 Å². The summed E-state index contributed by atoms with van der Waals surface area (Å²) in [6, 6.07) is 0.